The Labute approximate surface area is 107 Å². The smallest absolute Gasteiger partial charge is 0.227 e. The molecule has 1 amide bonds. The summed E-state index contributed by atoms with van der Waals surface area (Å²) < 4.78 is 0. The van der Waals surface area contributed by atoms with Crippen molar-refractivity contribution in [3.05, 3.63) is 23.3 Å². The average Bonchev–Trinajstić information content (AvgIpc) is 2.65. The Morgan fingerprint density at radius 1 is 1.47 bits per heavy atom. The lowest BCUT2D eigenvalue weighted by molar-refractivity contribution is -0.117. The molecule has 17 heavy (non-hydrogen) atoms. The largest absolute Gasteiger partial charge is 0.397 e. The van der Waals surface area contributed by atoms with Crippen LogP contribution in [0.1, 0.15) is 17.5 Å². The molecule has 0 aliphatic carbocycles. The summed E-state index contributed by atoms with van der Waals surface area (Å²) in [5.74, 6) is 1.24. The Morgan fingerprint density at radius 3 is 2.76 bits per heavy atom. The first kappa shape index (κ1) is 12.3. The molecule has 1 aromatic carbocycles. The summed E-state index contributed by atoms with van der Waals surface area (Å²) in [7, 11) is 0. The van der Waals surface area contributed by atoms with Crippen LogP contribution in [0, 0.1) is 19.8 Å². The third-order valence-corrected chi connectivity index (χ3v) is 3.78. The number of carbonyl (C=O) groups is 1. The zero-order chi connectivity index (χ0) is 12.6. The van der Waals surface area contributed by atoms with Crippen molar-refractivity contribution in [3.63, 3.8) is 0 Å². The maximum absolute atomic E-state index is 12.0. The molecular formula is C13H18N2OS. The van der Waals surface area contributed by atoms with Crippen molar-refractivity contribution in [3.8, 4) is 0 Å². The molecule has 1 aliphatic heterocycles. The van der Waals surface area contributed by atoms with Crippen LogP contribution >= 0.6 is 12.6 Å². The SMILES string of the molecule is Cc1cc(C)c(N)c(N2CC(CS)CC2=O)c1. The van der Waals surface area contributed by atoms with Gasteiger partial charge in [-0.25, -0.2) is 0 Å². The number of nitrogens with two attached hydrogens (primary N) is 1. The molecule has 1 fully saturated rings. The van der Waals surface area contributed by atoms with E-state index in [9.17, 15) is 4.79 Å². The number of nitrogens with zero attached hydrogens (tertiary/aromatic N) is 1. The molecule has 1 atom stereocenters. The number of benzene rings is 1. The molecule has 3 nitrogen and oxygen atoms in total. The molecular weight excluding hydrogens is 232 g/mol. The fourth-order valence-corrected chi connectivity index (χ4v) is 2.56. The van der Waals surface area contributed by atoms with Crippen LogP contribution in [0.25, 0.3) is 0 Å². The minimum absolute atomic E-state index is 0.153. The Balaban J connectivity index is 2.38. The van der Waals surface area contributed by atoms with Crippen LogP contribution in [0.4, 0.5) is 11.4 Å². The Morgan fingerprint density at radius 2 is 2.18 bits per heavy atom. The van der Waals surface area contributed by atoms with E-state index in [1.807, 2.05) is 26.0 Å². The van der Waals surface area contributed by atoms with Gasteiger partial charge in [0.25, 0.3) is 0 Å². The Hall–Kier alpha value is -1.16. The van der Waals surface area contributed by atoms with Gasteiger partial charge in [-0.2, -0.15) is 12.6 Å². The number of carbonyl (C=O) groups excluding carboxylic acids is 1. The quantitative estimate of drug-likeness (QED) is 0.624. The lowest BCUT2D eigenvalue weighted by Gasteiger charge is -2.20. The van der Waals surface area contributed by atoms with Crippen molar-refractivity contribution in [2.75, 3.05) is 22.9 Å². The van der Waals surface area contributed by atoms with E-state index in [1.54, 1.807) is 4.90 Å². The minimum Gasteiger partial charge on any atom is -0.397 e. The first-order chi connectivity index (χ1) is 8.02. The molecule has 1 aromatic rings. The zero-order valence-electron chi connectivity index (χ0n) is 10.2. The summed E-state index contributed by atoms with van der Waals surface area (Å²) in [5.41, 5.74) is 9.80. The molecule has 0 aromatic heterocycles. The van der Waals surface area contributed by atoms with Gasteiger partial charge in [0.15, 0.2) is 0 Å². The molecule has 1 heterocycles. The number of anilines is 2. The molecule has 2 N–H and O–H groups in total. The van der Waals surface area contributed by atoms with E-state index in [2.05, 4.69) is 12.6 Å². The molecule has 0 bridgehead atoms. The van der Waals surface area contributed by atoms with Gasteiger partial charge in [-0.05, 0) is 42.7 Å². The fourth-order valence-electron chi connectivity index (χ4n) is 2.32. The summed E-state index contributed by atoms with van der Waals surface area (Å²) in [5, 5.41) is 0. The van der Waals surface area contributed by atoms with E-state index in [-0.39, 0.29) is 5.91 Å². The third kappa shape index (κ3) is 2.27. The summed E-state index contributed by atoms with van der Waals surface area (Å²) in [4.78, 5) is 13.8. The van der Waals surface area contributed by atoms with Crippen LogP contribution < -0.4 is 10.6 Å². The molecule has 1 aliphatic rings. The van der Waals surface area contributed by atoms with E-state index < -0.39 is 0 Å². The van der Waals surface area contributed by atoms with Gasteiger partial charge in [-0.1, -0.05) is 6.07 Å². The summed E-state index contributed by atoms with van der Waals surface area (Å²) >= 11 is 4.27. The number of hydrogen-bond donors (Lipinski definition) is 2. The van der Waals surface area contributed by atoms with Crippen molar-refractivity contribution in [1.29, 1.82) is 0 Å². The van der Waals surface area contributed by atoms with Gasteiger partial charge in [0.05, 0.1) is 11.4 Å². The van der Waals surface area contributed by atoms with Crippen molar-refractivity contribution >= 4 is 29.9 Å². The number of rotatable bonds is 2. The Kier molecular flexibility index (Phi) is 3.33. The van der Waals surface area contributed by atoms with Gasteiger partial charge in [0.1, 0.15) is 0 Å². The third-order valence-electron chi connectivity index (χ3n) is 3.26. The number of nitrogen functional groups attached to an aromatic ring is 1. The van der Waals surface area contributed by atoms with Crippen LogP contribution in [0.2, 0.25) is 0 Å². The Bertz CT molecular complexity index is 459. The number of hydrogen-bond acceptors (Lipinski definition) is 3. The van der Waals surface area contributed by atoms with Crippen molar-refractivity contribution in [1.82, 2.24) is 0 Å². The molecule has 0 radical (unpaired) electrons. The molecule has 2 rings (SSSR count). The lowest BCUT2D eigenvalue weighted by atomic mass is 10.1. The van der Waals surface area contributed by atoms with Gasteiger partial charge in [0.2, 0.25) is 5.91 Å². The van der Waals surface area contributed by atoms with Gasteiger partial charge in [-0.3, -0.25) is 4.79 Å². The van der Waals surface area contributed by atoms with Crippen LogP contribution in [0.5, 0.6) is 0 Å². The molecule has 0 spiro atoms. The highest BCUT2D eigenvalue weighted by molar-refractivity contribution is 7.80. The summed E-state index contributed by atoms with van der Waals surface area (Å²) in [6, 6.07) is 4.02. The second-order valence-corrected chi connectivity index (χ2v) is 5.14. The normalized spacial score (nSPS) is 20.1. The number of thiol groups is 1. The van der Waals surface area contributed by atoms with E-state index in [0.29, 0.717) is 18.0 Å². The fraction of sp³-hybridized carbons (Fsp3) is 0.462. The maximum Gasteiger partial charge on any atom is 0.227 e. The average molecular weight is 250 g/mol. The number of aryl methyl sites for hydroxylation is 2. The van der Waals surface area contributed by atoms with Crippen LogP contribution in [-0.4, -0.2) is 18.2 Å². The van der Waals surface area contributed by atoms with Crippen LogP contribution in [0.15, 0.2) is 12.1 Å². The summed E-state index contributed by atoms with van der Waals surface area (Å²) in [6.45, 7) is 4.73. The monoisotopic (exact) mass is 250 g/mol. The minimum atomic E-state index is 0.153. The van der Waals surface area contributed by atoms with Crippen molar-refractivity contribution < 1.29 is 4.79 Å². The molecule has 1 unspecified atom stereocenters. The van der Waals surface area contributed by atoms with Crippen LogP contribution in [-0.2, 0) is 4.79 Å². The van der Waals surface area contributed by atoms with Crippen LogP contribution in [0.3, 0.4) is 0 Å². The van der Waals surface area contributed by atoms with Gasteiger partial charge < -0.3 is 10.6 Å². The van der Waals surface area contributed by atoms with Gasteiger partial charge in [0, 0.05) is 13.0 Å². The number of amides is 1. The van der Waals surface area contributed by atoms with Crippen molar-refractivity contribution in [2.45, 2.75) is 20.3 Å². The second-order valence-electron chi connectivity index (χ2n) is 4.77. The predicted molar refractivity (Wildman–Crippen MR) is 74.6 cm³/mol. The van der Waals surface area contributed by atoms with E-state index in [0.717, 1.165) is 29.1 Å². The highest BCUT2D eigenvalue weighted by Gasteiger charge is 2.30. The second kappa shape index (κ2) is 4.61. The van der Waals surface area contributed by atoms with E-state index in [4.69, 9.17) is 5.73 Å². The first-order valence-corrected chi connectivity index (χ1v) is 6.44. The zero-order valence-corrected chi connectivity index (χ0v) is 11.1. The molecule has 4 heteroatoms. The molecule has 0 saturated carbocycles. The maximum atomic E-state index is 12.0. The lowest BCUT2D eigenvalue weighted by Crippen LogP contribution is -2.26. The highest BCUT2D eigenvalue weighted by Crippen LogP contribution is 2.33. The first-order valence-electron chi connectivity index (χ1n) is 5.81. The van der Waals surface area contributed by atoms with Crippen molar-refractivity contribution in [2.24, 2.45) is 5.92 Å². The topological polar surface area (TPSA) is 46.3 Å². The highest BCUT2D eigenvalue weighted by atomic mass is 32.1. The molecule has 1 saturated heterocycles. The van der Waals surface area contributed by atoms with Gasteiger partial charge in [-0.15, -0.1) is 0 Å². The van der Waals surface area contributed by atoms with E-state index >= 15 is 0 Å². The predicted octanol–water partition coefficient (Wildman–Crippen LogP) is 2.17. The standard InChI is InChI=1S/C13H18N2OS/c1-8-3-9(2)13(14)11(4-8)15-6-10(7-17)5-12(15)16/h3-4,10,17H,5-7,14H2,1-2H3. The molecule has 92 valence electrons. The van der Waals surface area contributed by atoms with E-state index in [1.165, 1.54) is 0 Å². The summed E-state index contributed by atoms with van der Waals surface area (Å²) in [6.07, 6.45) is 0.579. The van der Waals surface area contributed by atoms with Gasteiger partial charge >= 0.3 is 0 Å².